The number of amides is 2. The average molecular weight is 597 g/mol. The van der Waals surface area contributed by atoms with Crippen molar-refractivity contribution in [1.82, 2.24) is 0 Å². The molecule has 0 aliphatic carbocycles. The number of hydrogen-bond acceptors (Lipinski definition) is 3. The normalized spacial score (nSPS) is 19.5. The van der Waals surface area contributed by atoms with Gasteiger partial charge in [0.05, 0.1) is 23.0 Å². The summed E-state index contributed by atoms with van der Waals surface area (Å²) in [5.41, 5.74) is 3.43. The van der Waals surface area contributed by atoms with Crippen LogP contribution in [0.5, 0.6) is 0 Å². The second kappa shape index (κ2) is 11.2. The molecular formula is C38H29ClN2O3. The van der Waals surface area contributed by atoms with E-state index in [0.29, 0.717) is 33.3 Å². The second-order valence-corrected chi connectivity index (χ2v) is 11.5. The van der Waals surface area contributed by atoms with Crippen LogP contribution in [0.25, 0.3) is 5.76 Å². The molecule has 216 valence electrons. The summed E-state index contributed by atoms with van der Waals surface area (Å²) in [6.45, 7) is 1.80. The highest BCUT2D eigenvalue weighted by Gasteiger charge is 2.55. The lowest BCUT2D eigenvalue weighted by Crippen LogP contribution is -2.55. The maximum atomic E-state index is 14.7. The zero-order chi connectivity index (χ0) is 30.3. The van der Waals surface area contributed by atoms with Crippen molar-refractivity contribution in [3.05, 3.63) is 172 Å². The Hall–Kier alpha value is -5.13. The Labute approximate surface area is 261 Å². The van der Waals surface area contributed by atoms with Crippen LogP contribution in [-0.4, -0.2) is 11.8 Å². The van der Waals surface area contributed by atoms with E-state index in [1.807, 2.05) is 144 Å². The highest BCUT2D eigenvalue weighted by Crippen LogP contribution is 2.55. The molecule has 5 nitrogen and oxygen atoms in total. The monoisotopic (exact) mass is 596 g/mol. The third-order valence-corrected chi connectivity index (χ3v) is 8.67. The molecule has 0 N–H and O–H groups in total. The Balaban J connectivity index is 1.54. The van der Waals surface area contributed by atoms with E-state index < -0.39 is 11.8 Å². The van der Waals surface area contributed by atoms with Gasteiger partial charge in [-0.05, 0) is 48.9 Å². The molecule has 0 aromatic heterocycles. The average Bonchev–Trinajstić information content (AvgIpc) is 3.21. The van der Waals surface area contributed by atoms with Crippen LogP contribution in [0.4, 0.5) is 11.4 Å². The largest absolute Gasteiger partial charge is 0.462 e. The van der Waals surface area contributed by atoms with Gasteiger partial charge in [-0.15, -0.1) is 0 Å². The minimum atomic E-state index is -1.30. The van der Waals surface area contributed by atoms with E-state index in [1.54, 1.807) is 11.8 Å². The number of benzene rings is 5. The van der Waals surface area contributed by atoms with Gasteiger partial charge in [0.2, 0.25) is 5.72 Å². The van der Waals surface area contributed by atoms with Gasteiger partial charge in [-0.25, -0.2) is 0 Å². The fourth-order valence-corrected chi connectivity index (χ4v) is 6.45. The van der Waals surface area contributed by atoms with Crippen LogP contribution in [0.3, 0.4) is 0 Å². The predicted molar refractivity (Wildman–Crippen MR) is 174 cm³/mol. The number of para-hydroxylation sites is 2. The molecule has 2 amide bonds. The third-order valence-electron chi connectivity index (χ3n) is 8.42. The van der Waals surface area contributed by atoms with Crippen LogP contribution in [0.2, 0.25) is 5.02 Å². The van der Waals surface area contributed by atoms with Crippen molar-refractivity contribution in [1.29, 1.82) is 0 Å². The van der Waals surface area contributed by atoms with Crippen molar-refractivity contribution in [2.45, 2.75) is 25.1 Å². The molecule has 0 bridgehead atoms. The van der Waals surface area contributed by atoms with Gasteiger partial charge in [-0.3, -0.25) is 19.4 Å². The quantitative estimate of drug-likeness (QED) is 0.208. The summed E-state index contributed by atoms with van der Waals surface area (Å²) in [7, 11) is 0. The molecule has 0 radical (unpaired) electrons. The summed E-state index contributed by atoms with van der Waals surface area (Å²) in [4.78, 5) is 32.9. The van der Waals surface area contributed by atoms with Gasteiger partial charge < -0.3 is 4.74 Å². The summed E-state index contributed by atoms with van der Waals surface area (Å²) >= 11 is 6.35. The molecule has 0 saturated carbocycles. The molecule has 0 fully saturated rings. The zero-order valence-corrected chi connectivity index (χ0v) is 24.8. The number of ether oxygens (including phenoxy) is 1. The first-order chi connectivity index (χ1) is 21.5. The first kappa shape index (κ1) is 27.7. The van der Waals surface area contributed by atoms with Gasteiger partial charge in [0, 0.05) is 28.1 Å². The number of hydrogen-bond donors (Lipinski definition) is 0. The number of carbonyl (C=O) groups is 2. The molecule has 2 atom stereocenters. The maximum absolute atomic E-state index is 14.7. The fourth-order valence-electron chi connectivity index (χ4n) is 6.33. The van der Waals surface area contributed by atoms with E-state index >= 15 is 0 Å². The van der Waals surface area contributed by atoms with Crippen molar-refractivity contribution >= 4 is 40.5 Å². The number of anilines is 2. The summed E-state index contributed by atoms with van der Waals surface area (Å²) < 4.78 is 7.20. The molecule has 7 rings (SSSR count). The van der Waals surface area contributed by atoms with Crippen molar-refractivity contribution < 1.29 is 14.3 Å². The number of halogens is 1. The Morgan fingerprint density at radius 1 is 0.750 bits per heavy atom. The van der Waals surface area contributed by atoms with Gasteiger partial charge in [0.1, 0.15) is 5.76 Å². The molecule has 5 aromatic carbocycles. The van der Waals surface area contributed by atoms with Crippen LogP contribution >= 0.6 is 11.6 Å². The molecule has 2 heterocycles. The molecule has 5 aromatic rings. The van der Waals surface area contributed by atoms with E-state index in [1.165, 1.54) is 0 Å². The van der Waals surface area contributed by atoms with E-state index in [2.05, 4.69) is 0 Å². The standard InChI is InChI=1S/C38H29ClN2O3/c1-26-35(28-13-5-2-6-14-28)44-38(30-17-9-4-10-18-30)25-34(27-21-23-31(39)24-22-27)40(37(43)29-15-7-3-8-16-29)32-19-11-12-20-33(32)41(38)36(26)42/h2-24,34H,25H2,1H3/t34-,38-/m0/s1. The minimum Gasteiger partial charge on any atom is -0.462 e. The first-order valence-corrected chi connectivity index (χ1v) is 14.9. The van der Waals surface area contributed by atoms with E-state index in [4.69, 9.17) is 16.3 Å². The van der Waals surface area contributed by atoms with Crippen LogP contribution in [0, 0.1) is 0 Å². The summed E-state index contributed by atoms with van der Waals surface area (Å²) in [5.74, 6) is 0.155. The molecule has 2 aliphatic rings. The minimum absolute atomic E-state index is 0.179. The predicted octanol–water partition coefficient (Wildman–Crippen LogP) is 8.78. The van der Waals surface area contributed by atoms with Crippen LogP contribution < -0.4 is 9.80 Å². The number of fused-ring (bicyclic) bond motifs is 3. The third kappa shape index (κ3) is 4.57. The van der Waals surface area contributed by atoms with Crippen molar-refractivity contribution in [3.8, 4) is 0 Å². The van der Waals surface area contributed by atoms with Gasteiger partial charge in [0.15, 0.2) is 0 Å². The molecule has 2 aliphatic heterocycles. The van der Waals surface area contributed by atoms with Gasteiger partial charge in [0.25, 0.3) is 11.8 Å². The molecule has 6 heteroatoms. The number of nitrogens with zero attached hydrogens (tertiary/aromatic N) is 2. The zero-order valence-electron chi connectivity index (χ0n) is 24.1. The SMILES string of the molecule is CC1=C(c2ccccc2)O[C@]2(c3ccccc3)C[C@@H](c3ccc(Cl)cc3)N(C(=O)c3ccccc3)c3ccccc3N2C1=O. The summed E-state index contributed by atoms with van der Waals surface area (Å²) in [6.07, 6.45) is 0.251. The summed E-state index contributed by atoms with van der Waals surface area (Å²) in [5, 5.41) is 0.595. The lowest BCUT2D eigenvalue weighted by molar-refractivity contribution is -0.122. The van der Waals surface area contributed by atoms with Crippen molar-refractivity contribution in [2.24, 2.45) is 0 Å². The van der Waals surface area contributed by atoms with Crippen LogP contribution in [-0.2, 0) is 15.3 Å². The van der Waals surface area contributed by atoms with Gasteiger partial charge >= 0.3 is 0 Å². The molecule has 0 saturated heterocycles. The molecular weight excluding hydrogens is 568 g/mol. The molecule has 0 spiro atoms. The lowest BCUT2D eigenvalue weighted by atomic mass is 9.87. The highest BCUT2D eigenvalue weighted by atomic mass is 35.5. The Morgan fingerprint density at radius 2 is 1.32 bits per heavy atom. The highest BCUT2D eigenvalue weighted by molar-refractivity contribution is 6.30. The van der Waals surface area contributed by atoms with Gasteiger partial charge in [-0.1, -0.05) is 115 Å². The Kier molecular flexibility index (Phi) is 7.03. The Bertz CT molecular complexity index is 1870. The Morgan fingerprint density at radius 3 is 1.98 bits per heavy atom. The summed E-state index contributed by atoms with van der Waals surface area (Å²) in [6, 6.07) is 43.4. The topological polar surface area (TPSA) is 49.9 Å². The van der Waals surface area contributed by atoms with Crippen LogP contribution in [0.1, 0.15) is 46.4 Å². The second-order valence-electron chi connectivity index (χ2n) is 11.0. The number of carbonyl (C=O) groups excluding carboxylic acids is 2. The number of rotatable bonds is 4. The van der Waals surface area contributed by atoms with E-state index in [0.717, 1.165) is 16.7 Å². The fraction of sp³-hybridized carbons (Fsp3) is 0.105. The van der Waals surface area contributed by atoms with Gasteiger partial charge in [-0.2, -0.15) is 0 Å². The molecule has 0 unspecified atom stereocenters. The van der Waals surface area contributed by atoms with E-state index in [9.17, 15) is 9.59 Å². The van der Waals surface area contributed by atoms with Crippen molar-refractivity contribution in [2.75, 3.05) is 9.80 Å². The lowest BCUT2D eigenvalue weighted by Gasteiger charge is -2.47. The van der Waals surface area contributed by atoms with E-state index in [-0.39, 0.29) is 18.2 Å². The van der Waals surface area contributed by atoms with Crippen molar-refractivity contribution in [3.63, 3.8) is 0 Å². The first-order valence-electron chi connectivity index (χ1n) is 14.6. The van der Waals surface area contributed by atoms with Crippen LogP contribution in [0.15, 0.2) is 145 Å². The smallest absolute Gasteiger partial charge is 0.261 e. The molecule has 44 heavy (non-hydrogen) atoms. The maximum Gasteiger partial charge on any atom is 0.261 e.